The van der Waals surface area contributed by atoms with Gasteiger partial charge in [-0.3, -0.25) is 0 Å². The van der Waals surface area contributed by atoms with E-state index in [0.29, 0.717) is 5.57 Å². The van der Waals surface area contributed by atoms with Crippen molar-refractivity contribution in [1.82, 2.24) is 0 Å². The highest BCUT2D eigenvalue weighted by molar-refractivity contribution is 5.87. The molecule has 94 valence electrons. The van der Waals surface area contributed by atoms with E-state index >= 15 is 0 Å². The fourth-order valence-electron chi connectivity index (χ4n) is 1.64. The van der Waals surface area contributed by atoms with Crippen LogP contribution in [0, 0.1) is 0 Å². The minimum Gasteiger partial charge on any atom is -0.456 e. The first kappa shape index (κ1) is 15.2. The van der Waals surface area contributed by atoms with Crippen LogP contribution in [0.15, 0.2) is 12.2 Å². The molecule has 0 atom stereocenters. The van der Waals surface area contributed by atoms with Gasteiger partial charge in [0.2, 0.25) is 0 Å². The predicted octanol–water partition coefficient (Wildman–Crippen LogP) is 4.24. The van der Waals surface area contributed by atoms with Crippen LogP contribution in [0.25, 0.3) is 0 Å². The van der Waals surface area contributed by atoms with E-state index < -0.39 is 0 Å². The Morgan fingerprint density at radius 2 is 1.62 bits per heavy atom. The minimum atomic E-state index is -0.304. The van der Waals surface area contributed by atoms with Gasteiger partial charge in [-0.25, -0.2) is 4.79 Å². The zero-order chi connectivity index (χ0) is 12.6. The maximum atomic E-state index is 11.6. The number of esters is 1. The maximum absolute atomic E-state index is 11.6. The van der Waals surface area contributed by atoms with Gasteiger partial charge in [-0.15, -0.1) is 0 Å². The molecule has 2 nitrogen and oxygen atoms in total. The third-order valence-electron chi connectivity index (χ3n) is 2.81. The molecule has 0 fully saturated rings. The number of unbranched alkanes of at least 4 members (excludes halogenated alkanes) is 2. The fourth-order valence-corrected chi connectivity index (χ4v) is 1.64. The standard InChI is InChI=1S/C14H26O2/c1-6-8-10-14(5,11-9-7-2)16-13(15)12(3)4/h3,6-11H2,1-2,4-5H3. The van der Waals surface area contributed by atoms with Gasteiger partial charge in [0.1, 0.15) is 5.60 Å². The quantitative estimate of drug-likeness (QED) is 0.457. The molecule has 0 aromatic carbocycles. The Morgan fingerprint density at radius 3 is 1.94 bits per heavy atom. The van der Waals surface area contributed by atoms with Crippen molar-refractivity contribution < 1.29 is 9.53 Å². The molecule has 0 aromatic rings. The molecule has 0 saturated carbocycles. The summed E-state index contributed by atoms with van der Waals surface area (Å²) in [5, 5.41) is 0. The summed E-state index contributed by atoms with van der Waals surface area (Å²) < 4.78 is 5.57. The van der Waals surface area contributed by atoms with Crippen LogP contribution in [-0.4, -0.2) is 11.6 Å². The van der Waals surface area contributed by atoms with Crippen LogP contribution in [-0.2, 0) is 9.53 Å². The molecular formula is C14H26O2. The van der Waals surface area contributed by atoms with Crippen molar-refractivity contribution in [2.75, 3.05) is 0 Å². The van der Waals surface area contributed by atoms with Gasteiger partial charge in [-0.1, -0.05) is 33.3 Å². The van der Waals surface area contributed by atoms with E-state index in [1.807, 2.05) is 6.92 Å². The van der Waals surface area contributed by atoms with Crippen molar-refractivity contribution in [2.45, 2.75) is 71.8 Å². The minimum absolute atomic E-state index is 0.255. The second kappa shape index (κ2) is 7.48. The predicted molar refractivity (Wildman–Crippen MR) is 68.4 cm³/mol. The Bertz CT molecular complexity index is 223. The van der Waals surface area contributed by atoms with Crippen molar-refractivity contribution in [1.29, 1.82) is 0 Å². The molecule has 0 heterocycles. The average Bonchev–Trinajstić information content (AvgIpc) is 2.23. The summed E-state index contributed by atoms with van der Waals surface area (Å²) in [6.45, 7) is 11.7. The molecule has 0 aliphatic rings. The molecule has 0 N–H and O–H groups in total. The normalized spacial score (nSPS) is 11.2. The molecule has 0 radical (unpaired) electrons. The van der Waals surface area contributed by atoms with Crippen molar-refractivity contribution in [3.8, 4) is 0 Å². The monoisotopic (exact) mass is 226 g/mol. The molecule has 0 amide bonds. The Labute approximate surface area is 100 Å². The number of ether oxygens (including phenoxy) is 1. The average molecular weight is 226 g/mol. The second-order valence-corrected chi connectivity index (χ2v) is 4.83. The number of carbonyl (C=O) groups excluding carboxylic acids is 1. The summed E-state index contributed by atoms with van der Waals surface area (Å²) in [4.78, 5) is 11.6. The summed E-state index contributed by atoms with van der Waals surface area (Å²) in [6.07, 6.45) is 6.36. The number of hydrogen-bond acceptors (Lipinski definition) is 2. The van der Waals surface area contributed by atoms with Gasteiger partial charge in [0.25, 0.3) is 0 Å². The first-order chi connectivity index (χ1) is 7.45. The van der Waals surface area contributed by atoms with Crippen LogP contribution in [0.2, 0.25) is 0 Å². The van der Waals surface area contributed by atoms with E-state index in [0.717, 1.165) is 38.5 Å². The van der Waals surface area contributed by atoms with Gasteiger partial charge >= 0.3 is 5.97 Å². The Kier molecular flexibility index (Phi) is 7.11. The topological polar surface area (TPSA) is 26.3 Å². The zero-order valence-electron chi connectivity index (χ0n) is 11.3. The van der Waals surface area contributed by atoms with Crippen LogP contribution in [0.4, 0.5) is 0 Å². The van der Waals surface area contributed by atoms with Crippen LogP contribution in [0.1, 0.15) is 66.2 Å². The van der Waals surface area contributed by atoms with Crippen molar-refractivity contribution >= 4 is 5.97 Å². The van der Waals surface area contributed by atoms with E-state index in [2.05, 4.69) is 20.4 Å². The van der Waals surface area contributed by atoms with E-state index in [4.69, 9.17) is 4.74 Å². The smallest absolute Gasteiger partial charge is 0.333 e. The second-order valence-electron chi connectivity index (χ2n) is 4.83. The van der Waals surface area contributed by atoms with E-state index in [1.165, 1.54) is 0 Å². The highest BCUT2D eigenvalue weighted by atomic mass is 16.6. The van der Waals surface area contributed by atoms with Crippen LogP contribution < -0.4 is 0 Å². The number of rotatable bonds is 8. The number of carbonyl (C=O) groups is 1. The first-order valence-electron chi connectivity index (χ1n) is 6.34. The lowest BCUT2D eigenvalue weighted by Crippen LogP contribution is -2.32. The summed E-state index contributed by atoms with van der Waals surface area (Å²) in [5.74, 6) is -0.255. The molecule has 0 spiro atoms. The molecule has 0 unspecified atom stereocenters. The van der Waals surface area contributed by atoms with E-state index in [-0.39, 0.29) is 11.6 Å². The third-order valence-corrected chi connectivity index (χ3v) is 2.81. The van der Waals surface area contributed by atoms with Crippen molar-refractivity contribution in [2.24, 2.45) is 0 Å². The van der Waals surface area contributed by atoms with Gasteiger partial charge in [0.15, 0.2) is 0 Å². The molecule has 0 rings (SSSR count). The largest absolute Gasteiger partial charge is 0.456 e. The molecular weight excluding hydrogens is 200 g/mol. The van der Waals surface area contributed by atoms with Gasteiger partial charge in [0.05, 0.1) is 0 Å². The van der Waals surface area contributed by atoms with Crippen LogP contribution in [0.3, 0.4) is 0 Å². The zero-order valence-corrected chi connectivity index (χ0v) is 11.3. The summed E-state index contributed by atoms with van der Waals surface area (Å²) in [5.41, 5.74) is 0.182. The van der Waals surface area contributed by atoms with Gasteiger partial charge in [0, 0.05) is 5.57 Å². The first-order valence-corrected chi connectivity index (χ1v) is 6.34. The maximum Gasteiger partial charge on any atom is 0.333 e. The number of hydrogen-bond donors (Lipinski definition) is 0. The van der Waals surface area contributed by atoms with E-state index in [9.17, 15) is 4.79 Å². The lowest BCUT2D eigenvalue weighted by Gasteiger charge is -2.29. The van der Waals surface area contributed by atoms with Gasteiger partial charge < -0.3 is 4.74 Å². The van der Waals surface area contributed by atoms with Crippen molar-refractivity contribution in [3.05, 3.63) is 12.2 Å². The SMILES string of the molecule is C=C(C)C(=O)OC(C)(CCCC)CCCC. The van der Waals surface area contributed by atoms with Crippen molar-refractivity contribution in [3.63, 3.8) is 0 Å². The summed E-state index contributed by atoms with van der Waals surface area (Å²) in [6, 6.07) is 0. The third kappa shape index (κ3) is 5.94. The molecule has 2 heteroatoms. The van der Waals surface area contributed by atoms with E-state index in [1.54, 1.807) is 6.92 Å². The van der Waals surface area contributed by atoms with Crippen LogP contribution in [0.5, 0.6) is 0 Å². The Hall–Kier alpha value is -0.790. The lowest BCUT2D eigenvalue weighted by atomic mass is 9.92. The molecule has 0 bridgehead atoms. The van der Waals surface area contributed by atoms with Crippen LogP contribution >= 0.6 is 0 Å². The highest BCUT2D eigenvalue weighted by Crippen LogP contribution is 2.26. The molecule has 0 aliphatic carbocycles. The summed E-state index contributed by atoms with van der Waals surface area (Å²) in [7, 11) is 0. The highest BCUT2D eigenvalue weighted by Gasteiger charge is 2.27. The Balaban J connectivity index is 4.38. The molecule has 0 saturated heterocycles. The molecule has 0 aromatic heterocycles. The molecule has 16 heavy (non-hydrogen) atoms. The fraction of sp³-hybridized carbons (Fsp3) is 0.786. The van der Waals surface area contributed by atoms with Gasteiger partial charge in [-0.05, 0) is 39.5 Å². The molecule has 0 aliphatic heterocycles. The lowest BCUT2D eigenvalue weighted by molar-refractivity contribution is -0.154. The van der Waals surface area contributed by atoms with Gasteiger partial charge in [-0.2, -0.15) is 0 Å². The summed E-state index contributed by atoms with van der Waals surface area (Å²) >= 11 is 0. The Morgan fingerprint density at radius 1 is 1.19 bits per heavy atom.